The third-order valence-electron chi connectivity index (χ3n) is 3.73. The average Bonchev–Trinajstić information content (AvgIpc) is 2.51. The normalized spacial score (nSPS) is 12.5. The zero-order valence-corrected chi connectivity index (χ0v) is 15.6. The van der Waals surface area contributed by atoms with E-state index in [0.29, 0.717) is 35.1 Å². The van der Waals surface area contributed by atoms with Crippen molar-refractivity contribution in [2.75, 3.05) is 6.61 Å². The molecule has 0 saturated heterocycles. The highest BCUT2D eigenvalue weighted by Gasteiger charge is 2.23. The molecule has 0 aliphatic heterocycles. The summed E-state index contributed by atoms with van der Waals surface area (Å²) in [5, 5.41) is 11.8. The Kier molecular flexibility index (Phi) is 6.26. The number of carboxylic acid groups (broad SMARTS) is 1. The molecule has 0 bridgehead atoms. The van der Waals surface area contributed by atoms with E-state index in [1.54, 1.807) is 18.2 Å². The number of hydrogen-bond acceptors (Lipinski definition) is 4. The summed E-state index contributed by atoms with van der Waals surface area (Å²) in [5.74, 6) is 0.637. The molecule has 1 atom stereocenters. The van der Waals surface area contributed by atoms with Crippen LogP contribution in [0.25, 0.3) is 11.3 Å². The van der Waals surface area contributed by atoms with Crippen molar-refractivity contribution in [1.82, 2.24) is 15.3 Å². The van der Waals surface area contributed by atoms with E-state index in [1.807, 2.05) is 20.8 Å². The van der Waals surface area contributed by atoms with Crippen molar-refractivity contribution in [2.24, 2.45) is 5.92 Å². The van der Waals surface area contributed by atoms with Gasteiger partial charge in [-0.25, -0.2) is 9.78 Å². The standard InChI is InChI=1S/C18H22ClN3O4/c1-11(8-18(2,3)22-17(24)25)9-26-15-5-4-12(6-13(15)19)14-7-16(23)21-10-20-14/h4-7,10-11,22H,8-9H2,1-3H3,(H,24,25)(H,20,21,23)/t11-/m0/s1. The zero-order valence-electron chi connectivity index (χ0n) is 14.9. The number of aromatic nitrogens is 2. The highest BCUT2D eigenvalue weighted by Crippen LogP contribution is 2.30. The number of nitrogens with one attached hydrogen (secondary N) is 2. The summed E-state index contributed by atoms with van der Waals surface area (Å²) in [7, 11) is 0. The second kappa shape index (κ2) is 8.23. The molecule has 1 amide bonds. The number of aromatic amines is 1. The Morgan fingerprint density at radius 3 is 2.77 bits per heavy atom. The maximum Gasteiger partial charge on any atom is 0.405 e. The van der Waals surface area contributed by atoms with E-state index in [0.717, 1.165) is 0 Å². The zero-order chi connectivity index (χ0) is 19.3. The summed E-state index contributed by atoms with van der Waals surface area (Å²) in [5.41, 5.74) is 0.456. The number of rotatable bonds is 7. The lowest BCUT2D eigenvalue weighted by Crippen LogP contribution is -2.44. The fourth-order valence-electron chi connectivity index (χ4n) is 2.81. The molecule has 1 aromatic carbocycles. The molecule has 7 nitrogen and oxygen atoms in total. The minimum Gasteiger partial charge on any atom is -0.492 e. The summed E-state index contributed by atoms with van der Waals surface area (Å²) in [6, 6.07) is 6.60. The van der Waals surface area contributed by atoms with Gasteiger partial charge in [0.05, 0.1) is 23.7 Å². The lowest BCUT2D eigenvalue weighted by atomic mass is 9.92. The predicted molar refractivity (Wildman–Crippen MR) is 99.8 cm³/mol. The highest BCUT2D eigenvalue weighted by atomic mass is 35.5. The molecule has 3 N–H and O–H groups in total. The Morgan fingerprint density at radius 1 is 1.42 bits per heavy atom. The van der Waals surface area contributed by atoms with Gasteiger partial charge in [-0.2, -0.15) is 0 Å². The summed E-state index contributed by atoms with van der Waals surface area (Å²) >= 11 is 6.28. The average molecular weight is 380 g/mol. The van der Waals surface area contributed by atoms with Gasteiger partial charge in [0.2, 0.25) is 0 Å². The maximum atomic E-state index is 11.4. The van der Waals surface area contributed by atoms with Gasteiger partial charge in [0.25, 0.3) is 5.56 Å². The van der Waals surface area contributed by atoms with Crippen LogP contribution >= 0.6 is 11.6 Å². The number of amides is 1. The summed E-state index contributed by atoms with van der Waals surface area (Å²) in [4.78, 5) is 28.8. The summed E-state index contributed by atoms with van der Waals surface area (Å²) in [6.45, 7) is 6.03. The van der Waals surface area contributed by atoms with Gasteiger partial charge in [-0.1, -0.05) is 18.5 Å². The number of H-pyrrole nitrogens is 1. The molecule has 0 fully saturated rings. The Bertz CT molecular complexity index is 835. The first kappa shape index (κ1) is 19.8. The van der Waals surface area contributed by atoms with Gasteiger partial charge >= 0.3 is 6.09 Å². The lowest BCUT2D eigenvalue weighted by Gasteiger charge is -2.28. The Labute approximate surface area is 156 Å². The molecule has 0 aliphatic rings. The van der Waals surface area contributed by atoms with Gasteiger partial charge in [-0.15, -0.1) is 0 Å². The summed E-state index contributed by atoms with van der Waals surface area (Å²) < 4.78 is 5.77. The fourth-order valence-corrected chi connectivity index (χ4v) is 3.04. The quantitative estimate of drug-likeness (QED) is 0.682. The second-order valence-corrected chi connectivity index (χ2v) is 7.28. The number of nitrogens with zero attached hydrogens (tertiary/aromatic N) is 1. The van der Waals surface area contributed by atoms with Crippen molar-refractivity contribution in [3.8, 4) is 17.0 Å². The van der Waals surface area contributed by atoms with E-state index in [-0.39, 0.29) is 11.5 Å². The number of halogens is 1. The van der Waals surface area contributed by atoms with Crippen LogP contribution in [0.2, 0.25) is 5.02 Å². The van der Waals surface area contributed by atoms with E-state index in [4.69, 9.17) is 21.4 Å². The minimum atomic E-state index is -1.05. The predicted octanol–water partition coefficient (Wildman–Crippen LogP) is 3.54. The highest BCUT2D eigenvalue weighted by molar-refractivity contribution is 6.32. The smallest absolute Gasteiger partial charge is 0.405 e. The summed E-state index contributed by atoms with van der Waals surface area (Å²) in [6.07, 6.45) is 0.908. The molecule has 140 valence electrons. The van der Waals surface area contributed by atoms with Crippen LogP contribution in [0, 0.1) is 5.92 Å². The van der Waals surface area contributed by atoms with Gasteiger partial charge in [0.15, 0.2) is 0 Å². The van der Waals surface area contributed by atoms with E-state index in [9.17, 15) is 9.59 Å². The van der Waals surface area contributed by atoms with Gasteiger partial charge < -0.3 is 20.1 Å². The second-order valence-electron chi connectivity index (χ2n) is 6.88. The van der Waals surface area contributed by atoms with Crippen LogP contribution in [0.15, 0.2) is 35.4 Å². The van der Waals surface area contributed by atoms with E-state index in [1.165, 1.54) is 12.4 Å². The lowest BCUT2D eigenvalue weighted by molar-refractivity contribution is 0.169. The van der Waals surface area contributed by atoms with Crippen molar-refractivity contribution in [1.29, 1.82) is 0 Å². The van der Waals surface area contributed by atoms with Crippen LogP contribution in [-0.2, 0) is 0 Å². The van der Waals surface area contributed by atoms with Crippen molar-refractivity contribution >= 4 is 17.7 Å². The van der Waals surface area contributed by atoms with Crippen molar-refractivity contribution in [3.63, 3.8) is 0 Å². The van der Waals surface area contributed by atoms with Gasteiger partial charge in [0.1, 0.15) is 5.75 Å². The van der Waals surface area contributed by atoms with Gasteiger partial charge in [0, 0.05) is 17.2 Å². The molecular formula is C18H22ClN3O4. The SMILES string of the molecule is C[C@H](COc1ccc(-c2cc(=O)[nH]cn2)cc1Cl)CC(C)(C)NC(=O)O. The van der Waals surface area contributed by atoms with Crippen molar-refractivity contribution < 1.29 is 14.6 Å². The van der Waals surface area contributed by atoms with Crippen molar-refractivity contribution in [3.05, 3.63) is 46.0 Å². The van der Waals surface area contributed by atoms with E-state index in [2.05, 4.69) is 15.3 Å². The maximum absolute atomic E-state index is 11.4. The van der Waals surface area contributed by atoms with E-state index >= 15 is 0 Å². The molecule has 26 heavy (non-hydrogen) atoms. The van der Waals surface area contributed by atoms with Crippen molar-refractivity contribution in [2.45, 2.75) is 32.7 Å². The van der Waals surface area contributed by atoms with Gasteiger partial charge in [-0.3, -0.25) is 4.79 Å². The molecule has 0 aliphatic carbocycles. The number of hydrogen-bond donors (Lipinski definition) is 3. The number of ether oxygens (including phenoxy) is 1. The topological polar surface area (TPSA) is 104 Å². The molecule has 0 saturated carbocycles. The minimum absolute atomic E-state index is 0.113. The Morgan fingerprint density at radius 2 is 2.15 bits per heavy atom. The first-order valence-corrected chi connectivity index (χ1v) is 8.52. The third-order valence-corrected chi connectivity index (χ3v) is 4.03. The third kappa shape index (κ3) is 5.77. The fraction of sp³-hybridized carbons (Fsp3) is 0.389. The van der Waals surface area contributed by atoms with Crippen LogP contribution in [0.5, 0.6) is 5.75 Å². The molecule has 0 spiro atoms. The van der Waals surface area contributed by atoms with Crippen LogP contribution in [0.1, 0.15) is 27.2 Å². The molecule has 2 aromatic rings. The van der Waals surface area contributed by atoms with Gasteiger partial charge in [-0.05, 0) is 44.4 Å². The molecular weight excluding hydrogens is 358 g/mol. The molecule has 1 aromatic heterocycles. The molecule has 2 rings (SSSR count). The number of carbonyl (C=O) groups is 1. The van der Waals surface area contributed by atoms with Crippen LogP contribution in [0.3, 0.4) is 0 Å². The van der Waals surface area contributed by atoms with Crippen LogP contribution in [0.4, 0.5) is 4.79 Å². The van der Waals surface area contributed by atoms with Crippen LogP contribution < -0.4 is 15.6 Å². The van der Waals surface area contributed by atoms with Crippen LogP contribution in [-0.4, -0.2) is 33.3 Å². The number of benzene rings is 1. The Hall–Kier alpha value is -2.54. The molecule has 0 radical (unpaired) electrons. The largest absolute Gasteiger partial charge is 0.492 e. The Balaban J connectivity index is 2.00. The molecule has 8 heteroatoms. The first-order chi connectivity index (χ1) is 12.2. The molecule has 0 unspecified atom stereocenters. The first-order valence-electron chi connectivity index (χ1n) is 8.15. The van der Waals surface area contributed by atoms with E-state index < -0.39 is 11.6 Å². The molecule has 1 heterocycles. The monoisotopic (exact) mass is 379 g/mol.